The lowest BCUT2D eigenvalue weighted by Crippen LogP contribution is -2.05. The molecule has 5 rings (SSSR count). The van der Waals surface area contributed by atoms with Crippen molar-refractivity contribution < 1.29 is 10.2 Å². The number of phenolic OH excluding ortho intramolecular Hbond substituents is 2. The van der Waals surface area contributed by atoms with Gasteiger partial charge in [-0.3, -0.25) is 0 Å². The van der Waals surface area contributed by atoms with E-state index in [-0.39, 0.29) is 17.4 Å². The highest BCUT2D eigenvalue weighted by Gasteiger charge is 2.27. The third-order valence-electron chi connectivity index (χ3n) is 5.88. The zero-order valence-corrected chi connectivity index (χ0v) is 17.7. The minimum atomic E-state index is -0.260. The van der Waals surface area contributed by atoms with Crippen molar-refractivity contribution >= 4 is 32.9 Å². The Hall–Kier alpha value is -3.30. The van der Waals surface area contributed by atoms with Crippen LogP contribution >= 0.6 is 11.3 Å². The van der Waals surface area contributed by atoms with Crippen LogP contribution in [-0.4, -0.2) is 10.2 Å². The van der Waals surface area contributed by atoms with Gasteiger partial charge in [-0.2, -0.15) is 0 Å². The highest BCUT2D eigenvalue weighted by molar-refractivity contribution is 7.12. The Balaban J connectivity index is 1.83. The van der Waals surface area contributed by atoms with E-state index < -0.39 is 0 Å². The molecule has 0 aliphatic heterocycles. The Bertz CT molecular complexity index is 1310. The van der Waals surface area contributed by atoms with Gasteiger partial charge >= 0.3 is 0 Å². The highest BCUT2D eigenvalue weighted by Crippen LogP contribution is 2.46. The van der Waals surface area contributed by atoms with Gasteiger partial charge in [0, 0.05) is 37.6 Å². The molecule has 0 atom stereocenters. The van der Waals surface area contributed by atoms with Crippen molar-refractivity contribution in [3.63, 3.8) is 0 Å². The van der Waals surface area contributed by atoms with Crippen molar-refractivity contribution in [2.45, 2.75) is 19.8 Å². The van der Waals surface area contributed by atoms with Gasteiger partial charge in [-0.25, -0.2) is 0 Å². The Morgan fingerprint density at radius 3 is 1.60 bits per heavy atom. The van der Waals surface area contributed by atoms with E-state index in [1.807, 2.05) is 72.8 Å². The van der Waals surface area contributed by atoms with Crippen molar-refractivity contribution in [2.24, 2.45) is 0 Å². The van der Waals surface area contributed by atoms with Gasteiger partial charge in [0.15, 0.2) is 0 Å². The smallest absolute Gasteiger partial charge is 0.127 e. The summed E-state index contributed by atoms with van der Waals surface area (Å²) in [4.78, 5) is 2.41. The Kier molecular flexibility index (Phi) is 4.48. The summed E-state index contributed by atoms with van der Waals surface area (Å²) in [6.07, 6.45) is 0. The number of benzene rings is 4. The number of phenols is 2. The van der Waals surface area contributed by atoms with Crippen LogP contribution in [0.3, 0.4) is 0 Å². The summed E-state index contributed by atoms with van der Waals surface area (Å²) in [5.74, 6) is 0.284. The molecule has 0 saturated heterocycles. The summed E-state index contributed by atoms with van der Waals surface area (Å²) in [6.45, 7) is 4.20. The molecule has 148 valence electrons. The van der Waals surface area contributed by atoms with E-state index in [2.05, 4.69) is 19.9 Å². The Labute approximate surface area is 179 Å². The van der Waals surface area contributed by atoms with Crippen LogP contribution in [0.4, 0.5) is 0 Å². The molecule has 0 aliphatic carbocycles. The maximum atomic E-state index is 11.3. The van der Waals surface area contributed by atoms with Crippen LogP contribution in [-0.2, 0) is 0 Å². The van der Waals surface area contributed by atoms with E-state index in [4.69, 9.17) is 0 Å². The van der Waals surface area contributed by atoms with E-state index in [1.54, 1.807) is 11.3 Å². The predicted octanol–water partition coefficient (Wildman–Crippen LogP) is 7.26. The molecule has 3 heteroatoms. The number of hydrogen-bond donors (Lipinski definition) is 2. The van der Waals surface area contributed by atoms with Gasteiger partial charge in [-0.05, 0) is 36.2 Å². The normalized spacial score (nSPS) is 11.6. The molecule has 30 heavy (non-hydrogen) atoms. The van der Waals surface area contributed by atoms with Crippen molar-refractivity contribution in [1.29, 1.82) is 0 Å². The molecular weight excluding hydrogens is 388 g/mol. The van der Waals surface area contributed by atoms with E-state index in [0.717, 1.165) is 38.2 Å². The molecule has 1 heterocycles. The van der Waals surface area contributed by atoms with E-state index in [9.17, 15) is 10.2 Å². The number of aryl methyl sites for hydroxylation is 2. The molecule has 0 spiro atoms. The second-order valence-electron chi connectivity index (χ2n) is 7.75. The van der Waals surface area contributed by atoms with Gasteiger partial charge in [0.25, 0.3) is 0 Å². The Morgan fingerprint density at radius 1 is 0.633 bits per heavy atom. The molecule has 1 aromatic heterocycles. The van der Waals surface area contributed by atoms with Gasteiger partial charge in [0.2, 0.25) is 0 Å². The summed E-state index contributed by atoms with van der Waals surface area (Å²) >= 11 is 1.74. The highest BCUT2D eigenvalue weighted by atomic mass is 32.1. The van der Waals surface area contributed by atoms with E-state index in [0.29, 0.717) is 0 Å². The summed E-state index contributed by atoms with van der Waals surface area (Å²) in [6, 6.07) is 26.0. The molecule has 0 fully saturated rings. The van der Waals surface area contributed by atoms with Crippen molar-refractivity contribution in [2.75, 3.05) is 0 Å². The van der Waals surface area contributed by atoms with Gasteiger partial charge in [0.05, 0.1) is 0 Å². The summed E-state index contributed by atoms with van der Waals surface area (Å²) < 4.78 is 0. The number of hydrogen-bond acceptors (Lipinski definition) is 3. The number of thiophene rings is 1. The lowest BCUT2D eigenvalue weighted by atomic mass is 9.82. The first-order valence-corrected chi connectivity index (χ1v) is 10.8. The first-order valence-electron chi connectivity index (χ1n) is 10.0. The molecule has 0 bridgehead atoms. The molecule has 4 aromatic carbocycles. The lowest BCUT2D eigenvalue weighted by Gasteiger charge is -2.22. The zero-order valence-electron chi connectivity index (χ0n) is 16.9. The third-order valence-corrected chi connectivity index (χ3v) is 6.86. The van der Waals surface area contributed by atoms with Crippen LogP contribution in [0, 0.1) is 13.8 Å². The molecule has 2 N–H and O–H groups in total. The monoisotopic (exact) mass is 410 g/mol. The van der Waals surface area contributed by atoms with Crippen molar-refractivity contribution in [1.82, 2.24) is 0 Å². The van der Waals surface area contributed by atoms with Crippen LogP contribution in [0.1, 0.15) is 32.4 Å². The van der Waals surface area contributed by atoms with Crippen LogP contribution in [0.5, 0.6) is 11.5 Å². The molecule has 0 unspecified atom stereocenters. The standard InChI is InChI=1S/C27H22O2S/c1-16-15-24(17(2)30-16)25(22-13-11-18-7-3-5-9-20(18)26(22)28)23-14-12-19-8-4-6-10-21(19)27(23)29/h3-15,25,28-29H,1-2H3. The molecule has 0 radical (unpaired) electrons. The average molecular weight is 411 g/mol. The number of rotatable bonds is 3. The van der Waals surface area contributed by atoms with Gasteiger partial charge in [-0.15, -0.1) is 11.3 Å². The zero-order chi connectivity index (χ0) is 20.8. The predicted molar refractivity (Wildman–Crippen MR) is 126 cm³/mol. The molecule has 5 aromatic rings. The summed E-state index contributed by atoms with van der Waals surface area (Å²) in [5.41, 5.74) is 2.73. The number of aromatic hydroxyl groups is 2. The van der Waals surface area contributed by atoms with Crippen molar-refractivity contribution in [3.05, 3.63) is 105 Å². The fourth-order valence-electron chi connectivity index (χ4n) is 4.45. The van der Waals surface area contributed by atoms with Crippen LogP contribution in [0.15, 0.2) is 78.9 Å². The molecule has 0 saturated carbocycles. The molecule has 2 nitrogen and oxygen atoms in total. The largest absolute Gasteiger partial charge is 0.507 e. The summed E-state index contributed by atoms with van der Waals surface area (Å²) in [7, 11) is 0. The van der Waals surface area contributed by atoms with Crippen LogP contribution in [0.2, 0.25) is 0 Å². The Morgan fingerprint density at radius 2 is 1.13 bits per heavy atom. The van der Waals surface area contributed by atoms with Gasteiger partial charge in [0.1, 0.15) is 11.5 Å². The first kappa shape index (κ1) is 18.7. The maximum Gasteiger partial charge on any atom is 0.127 e. The van der Waals surface area contributed by atoms with Gasteiger partial charge < -0.3 is 10.2 Å². The lowest BCUT2D eigenvalue weighted by molar-refractivity contribution is 0.465. The SMILES string of the molecule is Cc1cc(C(c2ccc3ccccc3c2O)c2ccc3ccccc3c2O)c(C)s1. The molecule has 0 aliphatic rings. The average Bonchev–Trinajstić information content (AvgIpc) is 3.09. The summed E-state index contributed by atoms with van der Waals surface area (Å²) in [5, 5.41) is 26.2. The fraction of sp³-hybridized carbons (Fsp3) is 0.111. The number of fused-ring (bicyclic) bond motifs is 2. The van der Waals surface area contributed by atoms with Crippen LogP contribution in [0.25, 0.3) is 21.5 Å². The first-order chi connectivity index (χ1) is 14.5. The maximum absolute atomic E-state index is 11.3. The third kappa shape index (κ3) is 2.94. The second kappa shape index (κ2) is 7.19. The molecular formula is C27H22O2S. The van der Waals surface area contributed by atoms with Gasteiger partial charge in [-0.1, -0.05) is 72.8 Å². The minimum Gasteiger partial charge on any atom is -0.507 e. The fourth-order valence-corrected chi connectivity index (χ4v) is 5.41. The van der Waals surface area contributed by atoms with Crippen LogP contribution < -0.4 is 0 Å². The quantitative estimate of drug-likeness (QED) is 0.328. The van der Waals surface area contributed by atoms with E-state index >= 15 is 0 Å². The second-order valence-corrected chi connectivity index (χ2v) is 9.21. The topological polar surface area (TPSA) is 40.5 Å². The van der Waals surface area contributed by atoms with E-state index in [1.165, 1.54) is 9.75 Å². The minimum absolute atomic E-state index is 0.260. The molecule has 0 amide bonds. The van der Waals surface area contributed by atoms with Crippen molar-refractivity contribution in [3.8, 4) is 11.5 Å².